The quantitative estimate of drug-likeness (QED) is 0.545. The van der Waals surface area contributed by atoms with Crippen molar-refractivity contribution in [1.29, 1.82) is 0 Å². The SMILES string of the molecule is O=c1[nH]c2c(c3ccccc13)Cc1cc(S(=O)(=O)Cl)ccc1-2. The van der Waals surface area contributed by atoms with Crippen molar-refractivity contribution in [2.24, 2.45) is 0 Å². The van der Waals surface area contributed by atoms with E-state index in [4.69, 9.17) is 10.7 Å². The number of pyridine rings is 1. The maximum absolute atomic E-state index is 12.2. The van der Waals surface area contributed by atoms with Crippen LogP contribution in [0.1, 0.15) is 11.1 Å². The predicted molar refractivity (Wildman–Crippen MR) is 85.8 cm³/mol. The molecular weight excluding hydrogens is 322 g/mol. The summed E-state index contributed by atoms with van der Waals surface area (Å²) < 4.78 is 23.0. The summed E-state index contributed by atoms with van der Waals surface area (Å²) in [5.74, 6) is 0. The largest absolute Gasteiger partial charge is 0.321 e. The third-order valence-electron chi connectivity index (χ3n) is 4.03. The third-order valence-corrected chi connectivity index (χ3v) is 5.38. The number of aromatic nitrogens is 1. The van der Waals surface area contributed by atoms with E-state index in [2.05, 4.69) is 4.98 Å². The van der Waals surface area contributed by atoms with Crippen LogP contribution in [0.25, 0.3) is 22.0 Å². The predicted octanol–water partition coefficient (Wildman–Crippen LogP) is 3.03. The number of H-pyrrole nitrogens is 1. The van der Waals surface area contributed by atoms with Gasteiger partial charge in [0.05, 0.1) is 10.6 Å². The molecule has 3 aromatic rings. The summed E-state index contributed by atoms with van der Waals surface area (Å²) >= 11 is 0. The molecule has 1 aliphatic rings. The number of nitrogens with one attached hydrogen (secondary N) is 1. The summed E-state index contributed by atoms with van der Waals surface area (Å²) in [7, 11) is 1.64. The monoisotopic (exact) mass is 331 g/mol. The molecule has 2 aromatic carbocycles. The highest BCUT2D eigenvalue weighted by Crippen LogP contribution is 2.38. The molecule has 0 aliphatic heterocycles. The van der Waals surface area contributed by atoms with Crippen LogP contribution in [0, 0.1) is 0 Å². The van der Waals surface area contributed by atoms with Crippen LogP contribution in [0.4, 0.5) is 0 Å². The molecule has 1 N–H and O–H groups in total. The molecule has 0 spiro atoms. The number of hydrogen-bond donors (Lipinski definition) is 1. The Bertz CT molecular complexity index is 1100. The average molecular weight is 332 g/mol. The molecule has 22 heavy (non-hydrogen) atoms. The Morgan fingerprint density at radius 2 is 1.77 bits per heavy atom. The molecule has 6 heteroatoms. The van der Waals surface area contributed by atoms with Gasteiger partial charge >= 0.3 is 0 Å². The summed E-state index contributed by atoms with van der Waals surface area (Å²) in [5, 5.41) is 1.53. The van der Waals surface area contributed by atoms with E-state index in [1.165, 1.54) is 6.07 Å². The van der Waals surface area contributed by atoms with E-state index in [0.29, 0.717) is 11.8 Å². The Morgan fingerprint density at radius 3 is 2.50 bits per heavy atom. The standard InChI is InChI=1S/C16H10ClNO3S/c17-22(20,21)10-5-6-11-9(7-10)8-14-12-3-1-2-4-13(12)16(19)18-15(11)14/h1-7H,8H2,(H,18,19). The lowest BCUT2D eigenvalue weighted by molar-refractivity contribution is 0.609. The normalized spacial score (nSPS) is 13.1. The molecule has 0 bridgehead atoms. The van der Waals surface area contributed by atoms with Crippen molar-refractivity contribution >= 4 is 30.5 Å². The lowest BCUT2D eigenvalue weighted by atomic mass is 10.0. The van der Waals surface area contributed by atoms with Gasteiger partial charge < -0.3 is 4.98 Å². The summed E-state index contributed by atoms with van der Waals surface area (Å²) in [5.41, 5.74) is 3.33. The summed E-state index contributed by atoms with van der Waals surface area (Å²) in [4.78, 5) is 15.2. The van der Waals surface area contributed by atoms with Gasteiger partial charge in [-0.3, -0.25) is 4.79 Å². The number of halogens is 1. The van der Waals surface area contributed by atoms with Gasteiger partial charge in [0.25, 0.3) is 14.6 Å². The van der Waals surface area contributed by atoms with Crippen LogP contribution >= 0.6 is 10.7 Å². The van der Waals surface area contributed by atoms with Crippen LogP contribution in [0.5, 0.6) is 0 Å². The molecule has 0 unspecified atom stereocenters. The number of rotatable bonds is 1. The van der Waals surface area contributed by atoms with Gasteiger partial charge in [-0.25, -0.2) is 8.42 Å². The molecule has 0 radical (unpaired) electrons. The molecule has 0 atom stereocenters. The minimum absolute atomic E-state index is 0.0763. The molecule has 1 heterocycles. The number of fused-ring (bicyclic) bond motifs is 5. The van der Waals surface area contributed by atoms with E-state index in [9.17, 15) is 13.2 Å². The van der Waals surface area contributed by atoms with Crippen molar-refractivity contribution in [2.45, 2.75) is 11.3 Å². The van der Waals surface area contributed by atoms with Crippen molar-refractivity contribution in [1.82, 2.24) is 4.98 Å². The molecule has 4 nitrogen and oxygen atoms in total. The lowest BCUT2D eigenvalue weighted by Gasteiger charge is -2.05. The van der Waals surface area contributed by atoms with Gasteiger partial charge in [-0.15, -0.1) is 0 Å². The fourth-order valence-corrected chi connectivity index (χ4v) is 3.85. The fraction of sp³-hybridized carbons (Fsp3) is 0.0625. The van der Waals surface area contributed by atoms with Gasteiger partial charge in [-0.2, -0.15) is 0 Å². The summed E-state index contributed by atoms with van der Waals surface area (Å²) in [6.07, 6.45) is 0.572. The minimum atomic E-state index is -3.76. The van der Waals surface area contributed by atoms with E-state index in [1.807, 2.05) is 18.2 Å². The number of benzene rings is 2. The lowest BCUT2D eigenvalue weighted by Crippen LogP contribution is -2.08. The topological polar surface area (TPSA) is 67.0 Å². The van der Waals surface area contributed by atoms with Crippen molar-refractivity contribution in [3.05, 3.63) is 63.9 Å². The van der Waals surface area contributed by atoms with Gasteiger partial charge in [-0.05, 0) is 34.7 Å². The van der Waals surface area contributed by atoms with Crippen LogP contribution in [0.15, 0.2) is 52.2 Å². The highest BCUT2D eigenvalue weighted by molar-refractivity contribution is 8.13. The molecule has 0 fully saturated rings. The first-order valence-electron chi connectivity index (χ1n) is 6.67. The maximum Gasteiger partial charge on any atom is 0.261 e. The summed E-state index contributed by atoms with van der Waals surface area (Å²) in [6, 6.07) is 12.1. The van der Waals surface area contributed by atoms with Gasteiger partial charge in [0.15, 0.2) is 0 Å². The van der Waals surface area contributed by atoms with E-state index >= 15 is 0 Å². The molecule has 1 aliphatic carbocycles. The Morgan fingerprint density at radius 1 is 1.05 bits per heavy atom. The van der Waals surface area contributed by atoms with Crippen molar-refractivity contribution < 1.29 is 8.42 Å². The van der Waals surface area contributed by atoms with Crippen LogP contribution in [-0.4, -0.2) is 13.4 Å². The molecule has 0 saturated carbocycles. The fourth-order valence-electron chi connectivity index (χ4n) is 3.05. The molecule has 0 saturated heterocycles. The number of hydrogen-bond acceptors (Lipinski definition) is 3. The first-order valence-corrected chi connectivity index (χ1v) is 8.98. The second kappa shape index (κ2) is 4.44. The van der Waals surface area contributed by atoms with Crippen LogP contribution in [-0.2, 0) is 15.5 Å². The molecule has 0 amide bonds. The van der Waals surface area contributed by atoms with E-state index < -0.39 is 9.05 Å². The van der Waals surface area contributed by atoms with Crippen LogP contribution in [0.3, 0.4) is 0 Å². The minimum Gasteiger partial charge on any atom is -0.321 e. The third kappa shape index (κ3) is 1.90. The van der Waals surface area contributed by atoms with Gasteiger partial charge in [-0.1, -0.05) is 24.3 Å². The van der Waals surface area contributed by atoms with E-state index in [0.717, 1.165) is 27.8 Å². The van der Waals surface area contributed by atoms with Crippen molar-refractivity contribution in [2.75, 3.05) is 0 Å². The highest BCUT2D eigenvalue weighted by Gasteiger charge is 2.24. The van der Waals surface area contributed by atoms with Crippen molar-refractivity contribution in [3.8, 4) is 11.3 Å². The zero-order chi connectivity index (χ0) is 15.5. The second-order valence-corrected chi connectivity index (χ2v) is 7.85. The Hall–Kier alpha value is -2.11. The summed E-state index contributed by atoms with van der Waals surface area (Å²) in [6.45, 7) is 0. The zero-order valence-corrected chi connectivity index (χ0v) is 12.8. The van der Waals surface area contributed by atoms with Gasteiger partial charge in [0.1, 0.15) is 0 Å². The molecule has 110 valence electrons. The Balaban J connectivity index is 2.02. The highest BCUT2D eigenvalue weighted by atomic mass is 35.7. The Labute approximate surface area is 130 Å². The first kappa shape index (κ1) is 13.5. The van der Waals surface area contributed by atoms with Crippen molar-refractivity contribution in [3.63, 3.8) is 0 Å². The van der Waals surface area contributed by atoms with Gasteiger partial charge in [0.2, 0.25) is 0 Å². The van der Waals surface area contributed by atoms with Crippen LogP contribution in [0.2, 0.25) is 0 Å². The van der Waals surface area contributed by atoms with E-state index in [1.54, 1.807) is 18.2 Å². The van der Waals surface area contributed by atoms with Crippen LogP contribution < -0.4 is 5.56 Å². The molecule has 1 aromatic heterocycles. The second-order valence-electron chi connectivity index (χ2n) is 5.29. The maximum atomic E-state index is 12.2. The first-order chi connectivity index (χ1) is 10.4. The average Bonchev–Trinajstić information content (AvgIpc) is 2.85. The van der Waals surface area contributed by atoms with E-state index in [-0.39, 0.29) is 10.5 Å². The Kier molecular flexibility index (Phi) is 2.74. The van der Waals surface area contributed by atoms with Gasteiger partial charge in [0, 0.05) is 28.1 Å². The smallest absolute Gasteiger partial charge is 0.261 e. The zero-order valence-electron chi connectivity index (χ0n) is 11.3. The molecule has 4 rings (SSSR count). The number of aromatic amines is 1. The molecular formula is C16H10ClNO3S.